The van der Waals surface area contributed by atoms with E-state index in [0.717, 1.165) is 0 Å². The number of hydrogen-bond acceptors (Lipinski definition) is 4. The molecular formula is C10H15NO3. The maximum absolute atomic E-state index is 11.5. The van der Waals surface area contributed by atoms with Crippen molar-refractivity contribution >= 4 is 17.5 Å². The minimum atomic E-state index is -0.771. The molecule has 4 heteroatoms. The van der Waals surface area contributed by atoms with Crippen LogP contribution >= 0.6 is 0 Å². The topological polar surface area (TPSA) is 55.7 Å². The fourth-order valence-corrected chi connectivity index (χ4v) is 1.51. The van der Waals surface area contributed by atoms with E-state index in [2.05, 4.69) is 4.99 Å². The number of cyclic esters (lactones) is 1. The molecular weight excluding hydrogens is 182 g/mol. The molecule has 1 heterocycles. The minimum Gasteiger partial charge on any atom is -0.454 e. The van der Waals surface area contributed by atoms with Crippen LogP contribution in [-0.2, 0) is 14.3 Å². The lowest BCUT2D eigenvalue weighted by molar-refractivity contribution is -0.142. The van der Waals surface area contributed by atoms with Gasteiger partial charge in [0.25, 0.3) is 0 Å². The molecule has 0 saturated carbocycles. The summed E-state index contributed by atoms with van der Waals surface area (Å²) in [4.78, 5) is 27.0. The standard InChI is InChI=1S/C10H15NO3/c1-5(2)11-6(3)8-9(12)7(4)14-10(8)13/h5,7-8H,1-4H3/t7-,8-/m1/s1. The SMILES string of the molecule is CC(=NC(C)C)[C@H]1C(=O)O[C@H](C)C1=O. The van der Waals surface area contributed by atoms with Crippen LogP contribution in [0.3, 0.4) is 0 Å². The third-order valence-corrected chi connectivity index (χ3v) is 2.09. The lowest BCUT2D eigenvalue weighted by Crippen LogP contribution is -2.26. The van der Waals surface area contributed by atoms with Crippen LogP contribution in [-0.4, -0.2) is 29.6 Å². The molecule has 78 valence electrons. The Morgan fingerprint density at radius 3 is 2.36 bits per heavy atom. The summed E-state index contributed by atoms with van der Waals surface area (Å²) in [6, 6.07) is 0.0894. The summed E-state index contributed by atoms with van der Waals surface area (Å²) in [6.07, 6.45) is -0.621. The molecule has 4 nitrogen and oxygen atoms in total. The van der Waals surface area contributed by atoms with Gasteiger partial charge in [-0.2, -0.15) is 0 Å². The molecule has 0 aromatic rings. The van der Waals surface area contributed by atoms with Crippen molar-refractivity contribution in [3.63, 3.8) is 0 Å². The highest BCUT2D eigenvalue weighted by Gasteiger charge is 2.42. The molecule has 1 aliphatic rings. The molecule has 0 radical (unpaired) electrons. The van der Waals surface area contributed by atoms with Crippen molar-refractivity contribution in [2.75, 3.05) is 0 Å². The molecule has 0 bridgehead atoms. The van der Waals surface area contributed by atoms with Gasteiger partial charge < -0.3 is 4.74 Å². The highest BCUT2D eigenvalue weighted by molar-refractivity contribution is 6.22. The molecule has 1 rings (SSSR count). The van der Waals surface area contributed by atoms with E-state index in [4.69, 9.17) is 4.74 Å². The molecule has 1 aliphatic heterocycles. The summed E-state index contributed by atoms with van der Waals surface area (Å²) >= 11 is 0. The van der Waals surface area contributed by atoms with Gasteiger partial charge in [-0.05, 0) is 27.7 Å². The lowest BCUT2D eigenvalue weighted by Gasteiger charge is -2.05. The maximum atomic E-state index is 11.5. The molecule has 2 atom stereocenters. The molecule has 0 aromatic carbocycles. The van der Waals surface area contributed by atoms with E-state index < -0.39 is 18.0 Å². The second kappa shape index (κ2) is 3.90. The fourth-order valence-electron chi connectivity index (χ4n) is 1.51. The van der Waals surface area contributed by atoms with Gasteiger partial charge in [0.1, 0.15) is 0 Å². The van der Waals surface area contributed by atoms with E-state index in [1.807, 2.05) is 13.8 Å². The van der Waals surface area contributed by atoms with Crippen molar-refractivity contribution < 1.29 is 14.3 Å². The molecule has 0 unspecified atom stereocenters. The van der Waals surface area contributed by atoms with Crippen LogP contribution in [0.1, 0.15) is 27.7 Å². The molecule has 0 amide bonds. The molecule has 0 N–H and O–H groups in total. The van der Waals surface area contributed by atoms with Crippen LogP contribution in [0.15, 0.2) is 4.99 Å². The molecule has 0 aromatic heterocycles. The van der Waals surface area contributed by atoms with Crippen LogP contribution in [0.2, 0.25) is 0 Å². The van der Waals surface area contributed by atoms with Gasteiger partial charge in [0.2, 0.25) is 0 Å². The summed E-state index contributed by atoms with van der Waals surface area (Å²) in [5, 5.41) is 0. The smallest absolute Gasteiger partial charge is 0.323 e. The van der Waals surface area contributed by atoms with Gasteiger partial charge in [-0.15, -0.1) is 0 Å². The van der Waals surface area contributed by atoms with E-state index in [-0.39, 0.29) is 11.8 Å². The van der Waals surface area contributed by atoms with Crippen LogP contribution < -0.4 is 0 Å². The molecule has 1 fully saturated rings. The van der Waals surface area contributed by atoms with E-state index >= 15 is 0 Å². The van der Waals surface area contributed by atoms with Gasteiger partial charge >= 0.3 is 5.97 Å². The predicted octanol–water partition coefficient (Wildman–Crippen LogP) is 0.986. The van der Waals surface area contributed by atoms with Crippen molar-refractivity contribution in [3.8, 4) is 0 Å². The lowest BCUT2D eigenvalue weighted by atomic mass is 9.99. The summed E-state index contributed by atoms with van der Waals surface area (Å²) in [5.74, 6) is -1.42. The summed E-state index contributed by atoms with van der Waals surface area (Å²) < 4.78 is 4.82. The summed E-state index contributed by atoms with van der Waals surface area (Å²) in [7, 11) is 0. The first-order valence-electron chi connectivity index (χ1n) is 4.72. The van der Waals surface area contributed by atoms with Gasteiger partial charge in [-0.3, -0.25) is 14.6 Å². The Morgan fingerprint density at radius 1 is 1.43 bits per heavy atom. The number of hydrogen-bond donors (Lipinski definition) is 0. The second-order valence-corrected chi connectivity index (χ2v) is 3.78. The summed E-state index contributed by atoms with van der Waals surface area (Å²) in [5.41, 5.74) is 0.555. The van der Waals surface area contributed by atoms with Gasteiger partial charge in [-0.1, -0.05) is 0 Å². The first-order chi connectivity index (χ1) is 6.43. The quantitative estimate of drug-likeness (QED) is 0.377. The highest BCUT2D eigenvalue weighted by atomic mass is 16.6. The predicted molar refractivity (Wildman–Crippen MR) is 52.3 cm³/mol. The monoisotopic (exact) mass is 197 g/mol. The Kier molecular flexibility index (Phi) is 3.03. The molecule has 14 heavy (non-hydrogen) atoms. The van der Waals surface area contributed by atoms with Crippen molar-refractivity contribution in [2.24, 2.45) is 10.9 Å². The number of ketones is 1. The zero-order chi connectivity index (χ0) is 10.9. The third-order valence-electron chi connectivity index (χ3n) is 2.09. The Hall–Kier alpha value is -1.19. The highest BCUT2D eigenvalue weighted by Crippen LogP contribution is 2.19. The van der Waals surface area contributed by atoms with Crippen molar-refractivity contribution in [3.05, 3.63) is 0 Å². The van der Waals surface area contributed by atoms with Crippen molar-refractivity contribution in [1.82, 2.24) is 0 Å². The zero-order valence-corrected chi connectivity index (χ0v) is 8.90. The number of carbonyl (C=O) groups excluding carboxylic acids is 2. The normalized spacial score (nSPS) is 28.5. The number of aliphatic imine (C=N–C) groups is 1. The molecule has 1 saturated heterocycles. The Balaban J connectivity index is 2.88. The number of Topliss-reactive ketones (excluding diaryl/α,β-unsaturated/α-hetero) is 1. The van der Waals surface area contributed by atoms with E-state index in [1.165, 1.54) is 0 Å². The minimum absolute atomic E-state index is 0.0894. The molecule has 0 spiro atoms. The van der Waals surface area contributed by atoms with Crippen LogP contribution in [0.25, 0.3) is 0 Å². The van der Waals surface area contributed by atoms with E-state index in [0.29, 0.717) is 5.71 Å². The van der Waals surface area contributed by atoms with Crippen LogP contribution in [0, 0.1) is 5.92 Å². The number of esters is 1. The number of nitrogens with zero attached hydrogens (tertiary/aromatic N) is 1. The van der Waals surface area contributed by atoms with Gasteiger partial charge in [-0.25, -0.2) is 0 Å². The Morgan fingerprint density at radius 2 is 2.00 bits per heavy atom. The van der Waals surface area contributed by atoms with Crippen molar-refractivity contribution in [2.45, 2.75) is 39.8 Å². The average Bonchev–Trinajstić information content (AvgIpc) is 2.25. The summed E-state index contributed by atoms with van der Waals surface area (Å²) in [6.45, 7) is 7.08. The van der Waals surface area contributed by atoms with Crippen LogP contribution in [0.5, 0.6) is 0 Å². The zero-order valence-electron chi connectivity index (χ0n) is 8.90. The Bertz CT molecular complexity index is 294. The van der Waals surface area contributed by atoms with Crippen molar-refractivity contribution in [1.29, 1.82) is 0 Å². The van der Waals surface area contributed by atoms with Gasteiger partial charge in [0, 0.05) is 11.8 Å². The maximum Gasteiger partial charge on any atom is 0.323 e. The first-order valence-corrected chi connectivity index (χ1v) is 4.72. The average molecular weight is 197 g/mol. The largest absolute Gasteiger partial charge is 0.454 e. The van der Waals surface area contributed by atoms with Gasteiger partial charge in [0.05, 0.1) is 0 Å². The number of rotatable bonds is 2. The molecule has 0 aliphatic carbocycles. The Labute approximate surface area is 83.3 Å². The van der Waals surface area contributed by atoms with Crippen LogP contribution in [0.4, 0.5) is 0 Å². The van der Waals surface area contributed by atoms with E-state index in [1.54, 1.807) is 13.8 Å². The fraction of sp³-hybridized carbons (Fsp3) is 0.700. The van der Waals surface area contributed by atoms with Gasteiger partial charge in [0.15, 0.2) is 17.8 Å². The third kappa shape index (κ3) is 2.00. The second-order valence-electron chi connectivity index (χ2n) is 3.78. The number of carbonyl (C=O) groups is 2. The number of ether oxygens (including phenoxy) is 1. The van der Waals surface area contributed by atoms with E-state index in [9.17, 15) is 9.59 Å². The first kappa shape index (κ1) is 10.9.